The van der Waals surface area contributed by atoms with E-state index in [9.17, 15) is 14.9 Å². The number of ether oxygens (including phenoxy) is 5. The summed E-state index contributed by atoms with van der Waals surface area (Å²) in [5.74, 6) is 0.653. The van der Waals surface area contributed by atoms with Crippen molar-refractivity contribution < 1.29 is 33.3 Å². The number of aromatic nitrogens is 2. The van der Waals surface area contributed by atoms with Crippen LogP contribution in [0.2, 0.25) is 0 Å². The number of anilines is 5. The van der Waals surface area contributed by atoms with Crippen molar-refractivity contribution in [3.05, 3.63) is 59.8 Å². The first-order valence-corrected chi connectivity index (χ1v) is 17.1. The Balaban J connectivity index is 1.17. The number of primary amides is 1. The fourth-order valence-corrected chi connectivity index (χ4v) is 5.19. The molecule has 52 heavy (non-hydrogen) atoms. The van der Waals surface area contributed by atoms with Gasteiger partial charge in [-0.1, -0.05) is 12.1 Å². The number of rotatable bonds is 19. The Labute approximate surface area is 304 Å². The molecule has 0 radical (unpaired) electrons. The highest BCUT2D eigenvalue weighted by molar-refractivity contribution is 5.99. The van der Waals surface area contributed by atoms with Gasteiger partial charge in [-0.05, 0) is 51.1 Å². The Morgan fingerprint density at radius 2 is 1.63 bits per heavy atom. The van der Waals surface area contributed by atoms with E-state index >= 15 is 0 Å². The second-order valence-electron chi connectivity index (χ2n) is 12.7. The van der Waals surface area contributed by atoms with Gasteiger partial charge in [0.25, 0.3) is 5.91 Å². The SMILES string of the molecule is COc1ccc(Nc2ncc(C#N)c(Nc3ccccc3C(N)=O)n2)cc1N1CCN(CCOCCOCCOCCNC(=O)OC(C)(C)C)CC1. The van der Waals surface area contributed by atoms with Crippen molar-refractivity contribution in [2.75, 3.05) is 102 Å². The van der Waals surface area contributed by atoms with Crippen LogP contribution in [0.5, 0.6) is 5.75 Å². The topological polar surface area (TPSA) is 198 Å². The Kier molecular flexibility index (Phi) is 15.2. The lowest BCUT2D eigenvalue weighted by Crippen LogP contribution is -2.47. The first-order chi connectivity index (χ1) is 25.1. The van der Waals surface area contributed by atoms with Gasteiger partial charge in [0.15, 0.2) is 5.82 Å². The molecule has 1 aliphatic heterocycles. The van der Waals surface area contributed by atoms with E-state index < -0.39 is 17.6 Å². The van der Waals surface area contributed by atoms with Gasteiger partial charge in [-0.25, -0.2) is 9.78 Å². The molecular formula is C36H49N9O7. The Bertz CT molecular complexity index is 1650. The van der Waals surface area contributed by atoms with Gasteiger partial charge in [0.1, 0.15) is 23.0 Å². The molecule has 1 aromatic heterocycles. The zero-order valence-electron chi connectivity index (χ0n) is 30.3. The lowest BCUT2D eigenvalue weighted by Gasteiger charge is -2.36. The van der Waals surface area contributed by atoms with Crippen molar-refractivity contribution in [3.8, 4) is 11.8 Å². The number of benzene rings is 2. The number of hydrogen-bond donors (Lipinski definition) is 4. The molecule has 0 unspecified atom stereocenters. The standard InChI is InChI=1S/C36H49N9O7/c1-36(2,3)52-35(47)39-11-17-49-19-21-51-22-20-50-18-16-44-12-14-45(15-13-44)30-23-27(9-10-31(30)48-4)41-34-40-25-26(24-37)33(43-34)42-29-8-6-5-7-28(29)32(38)46/h5-10,23,25H,11-22H2,1-4H3,(H2,38,46)(H,39,47)(H2,40,41,42,43). The van der Waals surface area contributed by atoms with Crippen LogP contribution in [0.15, 0.2) is 48.7 Å². The van der Waals surface area contributed by atoms with E-state index in [0.717, 1.165) is 49.8 Å². The summed E-state index contributed by atoms with van der Waals surface area (Å²) >= 11 is 0. The summed E-state index contributed by atoms with van der Waals surface area (Å²) in [6, 6.07) is 14.6. The summed E-state index contributed by atoms with van der Waals surface area (Å²) in [6.07, 6.45) is 0.957. The van der Waals surface area contributed by atoms with Crippen LogP contribution >= 0.6 is 0 Å². The van der Waals surface area contributed by atoms with Crippen molar-refractivity contribution in [3.63, 3.8) is 0 Å². The highest BCUT2D eigenvalue weighted by Gasteiger charge is 2.21. The van der Waals surface area contributed by atoms with Crippen LogP contribution in [0.1, 0.15) is 36.7 Å². The van der Waals surface area contributed by atoms with Crippen LogP contribution < -0.4 is 31.3 Å². The normalized spacial score (nSPS) is 13.2. The van der Waals surface area contributed by atoms with Crippen LogP contribution in [0, 0.1) is 11.3 Å². The molecule has 1 aliphatic rings. The van der Waals surface area contributed by atoms with Crippen molar-refractivity contribution >= 4 is 40.8 Å². The number of hydrogen-bond acceptors (Lipinski definition) is 14. The van der Waals surface area contributed by atoms with Crippen molar-refractivity contribution in [2.24, 2.45) is 5.73 Å². The minimum absolute atomic E-state index is 0.210. The quantitative estimate of drug-likeness (QED) is 0.131. The van der Waals surface area contributed by atoms with Gasteiger partial charge in [-0.15, -0.1) is 0 Å². The van der Waals surface area contributed by atoms with Gasteiger partial charge in [0.05, 0.1) is 69.9 Å². The molecule has 2 heterocycles. The van der Waals surface area contributed by atoms with E-state index in [4.69, 9.17) is 29.4 Å². The van der Waals surface area contributed by atoms with Crippen LogP contribution in [-0.4, -0.2) is 118 Å². The summed E-state index contributed by atoms with van der Waals surface area (Å²) in [5, 5.41) is 18.6. The molecule has 1 saturated heterocycles. The molecule has 0 aliphatic carbocycles. The van der Waals surface area contributed by atoms with Crippen LogP contribution in [0.3, 0.4) is 0 Å². The fraction of sp³-hybridized carbons (Fsp3) is 0.472. The van der Waals surface area contributed by atoms with Gasteiger partial charge in [-0.3, -0.25) is 9.69 Å². The molecule has 5 N–H and O–H groups in total. The molecule has 2 amide bonds. The first-order valence-electron chi connectivity index (χ1n) is 17.1. The van der Waals surface area contributed by atoms with E-state index in [0.29, 0.717) is 51.9 Å². The summed E-state index contributed by atoms with van der Waals surface area (Å²) in [7, 11) is 1.65. The van der Waals surface area contributed by atoms with E-state index in [1.807, 2.05) is 39.0 Å². The Hall–Kier alpha value is -5.21. The predicted octanol–water partition coefficient (Wildman–Crippen LogP) is 3.64. The van der Waals surface area contributed by atoms with E-state index in [1.54, 1.807) is 31.4 Å². The molecular weight excluding hydrogens is 670 g/mol. The third-order valence-electron chi connectivity index (χ3n) is 7.71. The zero-order chi connectivity index (χ0) is 37.3. The average molecular weight is 720 g/mol. The molecule has 2 aromatic carbocycles. The van der Waals surface area contributed by atoms with Crippen LogP contribution in [0.4, 0.5) is 33.6 Å². The summed E-state index contributed by atoms with van der Waals surface area (Å²) in [6.45, 7) is 12.8. The largest absolute Gasteiger partial charge is 0.495 e. The molecule has 0 atom stereocenters. The summed E-state index contributed by atoms with van der Waals surface area (Å²) in [4.78, 5) is 37.0. The minimum Gasteiger partial charge on any atom is -0.495 e. The van der Waals surface area contributed by atoms with Gasteiger partial charge < -0.3 is 50.3 Å². The van der Waals surface area contributed by atoms with Crippen LogP contribution in [-0.2, 0) is 18.9 Å². The van der Waals surface area contributed by atoms with E-state index in [1.165, 1.54) is 6.20 Å². The number of carbonyl (C=O) groups excluding carboxylic acids is 2. The summed E-state index contributed by atoms with van der Waals surface area (Å²) < 4.78 is 27.7. The maximum absolute atomic E-state index is 11.9. The predicted molar refractivity (Wildman–Crippen MR) is 197 cm³/mol. The highest BCUT2D eigenvalue weighted by atomic mass is 16.6. The molecule has 0 saturated carbocycles. The Morgan fingerprint density at radius 1 is 0.942 bits per heavy atom. The number of nitrogens with one attached hydrogen (secondary N) is 3. The maximum Gasteiger partial charge on any atom is 0.407 e. The molecule has 16 heteroatoms. The molecule has 280 valence electrons. The molecule has 0 bridgehead atoms. The van der Waals surface area contributed by atoms with E-state index in [2.05, 4.69) is 41.8 Å². The number of nitriles is 1. The average Bonchev–Trinajstić information content (AvgIpc) is 3.12. The number of carbonyl (C=O) groups is 2. The first kappa shape index (κ1) is 39.6. The zero-order valence-corrected chi connectivity index (χ0v) is 30.3. The smallest absolute Gasteiger partial charge is 0.407 e. The number of alkyl carbamates (subject to hydrolysis) is 1. The molecule has 16 nitrogen and oxygen atoms in total. The lowest BCUT2D eigenvalue weighted by atomic mass is 10.1. The number of piperazine rings is 1. The Morgan fingerprint density at radius 3 is 2.31 bits per heavy atom. The maximum atomic E-state index is 11.9. The highest BCUT2D eigenvalue weighted by Crippen LogP contribution is 2.33. The van der Waals surface area contributed by atoms with Crippen molar-refractivity contribution in [2.45, 2.75) is 26.4 Å². The second-order valence-corrected chi connectivity index (χ2v) is 12.7. The summed E-state index contributed by atoms with van der Waals surface area (Å²) in [5.41, 5.74) is 7.59. The molecule has 1 fully saturated rings. The van der Waals surface area contributed by atoms with Gasteiger partial charge >= 0.3 is 6.09 Å². The number of methoxy groups -OCH3 is 1. The second kappa shape index (κ2) is 20.0. The fourth-order valence-electron chi connectivity index (χ4n) is 5.19. The van der Waals surface area contributed by atoms with Crippen molar-refractivity contribution in [1.29, 1.82) is 5.26 Å². The lowest BCUT2D eigenvalue weighted by molar-refractivity contribution is 0.00999. The minimum atomic E-state index is -0.599. The van der Waals surface area contributed by atoms with Gasteiger partial charge in [0, 0.05) is 45.0 Å². The third-order valence-corrected chi connectivity index (χ3v) is 7.71. The number of amides is 2. The molecule has 0 spiro atoms. The van der Waals surface area contributed by atoms with Gasteiger partial charge in [-0.2, -0.15) is 10.2 Å². The number of nitrogens with zero attached hydrogens (tertiary/aromatic N) is 5. The number of nitrogens with two attached hydrogens (primary N) is 1. The van der Waals surface area contributed by atoms with Gasteiger partial charge in [0.2, 0.25) is 5.95 Å². The number of para-hydroxylation sites is 1. The van der Waals surface area contributed by atoms with Crippen LogP contribution in [0.25, 0.3) is 0 Å². The van der Waals surface area contributed by atoms with Crippen molar-refractivity contribution in [1.82, 2.24) is 20.2 Å². The third kappa shape index (κ3) is 12.8. The van der Waals surface area contributed by atoms with E-state index in [-0.39, 0.29) is 22.9 Å². The molecule has 4 rings (SSSR count). The molecule has 3 aromatic rings. The monoisotopic (exact) mass is 719 g/mol.